The van der Waals surface area contributed by atoms with E-state index in [1.807, 2.05) is 0 Å². The van der Waals surface area contributed by atoms with Crippen molar-refractivity contribution < 1.29 is 23.1 Å². The van der Waals surface area contributed by atoms with E-state index in [0.717, 1.165) is 0 Å². The Labute approximate surface area is 106 Å². The van der Waals surface area contributed by atoms with Crippen molar-refractivity contribution in [1.29, 1.82) is 0 Å². The molecule has 5 nitrogen and oxygen atoms in total. The molecule has 0 saturated carbocycles. The Hall–Kier alpha value is -1.56. The predicted molar refractivity (Wildman–Crippen MR) is 66.5 cm³/mol. The molecule has 0 aliphatic carbocycles. The predicted octanol–water partition coefficient (Wildman–Crippen LogP) is 1.72. The van der Waals surface area contributed by atoms with Crippen LogP contribution in [0.3, 0.4) is 0 Å². The van der Waals surface area contributed by atoms with E-state index in [1.54, 1.807) is 13.0 Å². The maximum atomic E-state index is 12.2. The van der Waals surface area contributed by atoms with Gasteiger partial charge in [-0.15, -0.1) is 0 Å². The van der Waals surface area contributed by atoms with Crippen molar-refractivity contribution in [3.8, 4) is 5.75 Å². The maximum Gasteiger partial charge on any atom is 0.322 e. The lowest BCUT2D eigenvalue weighted by molar-refractivity contribution is -0.136. The van der Waals surface area contributed by atoms with Gasteiger partial charge in [0.25, 0.3) is 0 Å². The fraction of sp³-hybridized carbons (Fsp3) is 0.417. The van der Waals surface area contributed by atoms with Gasteiger partial charge >= 0.3 is 5.97 Å². The molecule has 6 heteroatoms. The molecule has 1 atom stereocenters. The standard InChI is InChI=1S/C12H16O5S/c1-3-5-11(12(13)14)18(15,16)10-7-4-6-9(8-10)17-2/h4,6-8,11H,3,5H2,1-2H3,(H,13,14). The molecule has 0 spiro atoms. The van der Waals surface area contributed by atoms with E-state index in [1.165, 1.54) is 25.3 Å². The summed E-state index contributed by atoms with van der Waals surface area (Å²) in [6.07, 6.45) is 0.578. The lowest BCUT2D eigenvalue weighted by Crippen LogP contribution is -2.30. The van der Waals surface area contributed by atoms with Gasteiger partial charge in [-0.3, -0.25) is 4.79 Å². The number of aliphatic carboxylic acids is 1. The minimum atomic E-state index is -3.87. The molecular weight excluding hydrogens is 256 g/mol. The van der Waals surface area contributed by atoms with Crippen LogP contribution in [0.2, 0.25) is 0 Å². The highest BCUT2D eigenvalue weighted by molar-refractivity contribution is 7.92. The molecule has 1 aromatic carbocycles. The number of carboxylic acid groups (broad SMARTS) is 1. The van der Waals surface area contributed by atoms with Crippen molar-refractivity contribution in [2.45, 2.75) is 29.9 Å². The van der Waals surface area contributed by atoms with E-state index in [0.29, 0.717) is 12.2 Å². The van der Waals surface area contributed by atoms with Crippen LogP contribution in [0.5, 0.6) is 5.75 Å². The number of sulfone groups is 1. The molecule has 0 aliphatic rings. The average molecular weight is 272 g/mol. The molecule has 18 heavy (non-hydrogen) atoms. The third-order valence-electron chi connectivity index (χ3n) is 2.57. The van der Waals surface area contributed by atoms with Gasteiger partial charge in [0.05, 0.1) is 12.0 Å². The number of rotatable bonds is 6. The van der Waals surface area contributed by atoms with Gasteiger partial charge in [0, 0.05) is 0 Å². The van der Waals surface area contributed by atoms with Crippen LogP contribution >= 0.6 is 0 Å². The largest absolute Gasteiger partial charge is 0.497 e. The van der Waals surface area contributed by atoms with Crippen LogP contribution in [-0.4, -0.2) is 31.9 Å². The first-order valence-electron chi connectivity index (χ1n) is 5.54. The fourth-order valence-electron chi connectivity index (χ4n) is 1.62. The highest BCUT2D eigenvalue weighted by Crippen LogP contribution is 2.23. The topological polar surface area (TPSA) is 80.7 Å². The molecule has 0 bridgehead atoms. The number of carboxylic acids is 1. The second-order valence-electron chi connectivity index (χ2n) is 3.84. The highest BCUT2D eigenvalue weighted by Gasteiger charge is 2.33. The van der Waals surface area contributed by atoms with Crippen molar-refractivity contribution in [1.82, 2.24) is 0 Å². The van der Waals surface area contributed by atoms with E-state index >= 15 is 0 Å². The summed E-state index contributed by atoms with van der Waals surface area (Å²) < 4.78 is 29.3. The van der Waals surface area contributed by atoms with Crippen molar-refractivity contribution in [2.75, 3.05) is 7.11 Å². The van der Waals surface area contributed by atoms with Crippen LogP contribution in [0, 0.1) is 0 Å². The number of ether oxygens (including phenoxy) is 1. The summed E-state index contributed by atoms with van der Waals surface area (Å²) in [5.74, 6) is -0.934. The Morgan fingerprint density at radius 3 is 2.61 bits per heavy atom. The van der Waals surface area contributed by atoms with Crippen LogP contribution in [0.1, 0.15) is 19.8 Å². The summed E-state index contributed by atoms with van der Waals surface area (Å²) in [5.41, 5.74) is 0. The van der Waals surface area contributed by atoms with E-state index in [-0.39, 0.29) is 11.3 Å². The maximum absolute atomic E-state index is 12.2. The van der Waals surface area contributed by atoms with Gasteiger partial charge in [0.1, 0.15) is 5.75 Å². The first kappa shape index (κ1) is 14.5. The first-order chi connectivity index (χ1) is 8.43. The summed E-state index contributed by atoms with van der Waals surface area (Å²) in [6, 6.07) is 5.84. The zero-order chi connectivity index (χ0) is 13.8. The Morgan fingerprint density at radius 2 is 2.11 bits per heavy atom. The van der Waals surface area contributed by atoms with Gasteiger partial charge in [-0.2, -0.15) is 0 Å². The number of benzene rings is 1. The van der Waals surface area contributed by atoms with Gasteiger partial charge in [-0.1, -0.05) is 19.4 Å². The molecule has 1 N–H and O–H groups in total. The molecule has 1 aromatic rings. The summed E-state index contributed by atoms with van der Waals surface area (Å²) >= 11 is 0. The molecule has 1 unspecified atom stereocenters. The Balaban J connectivity index is 3.21. The Bertz CT molecular complexity index is 521. The molecule has 0 fully saturated rings. The van der Waals surface area contributed by atoms with Crippen LogP contribution in [-0.2, 0) is 14.6 Å². The molecule has 0 amide bonds. The summed E-state index contributed by atoms with van der Waals surface area (Å²) in [6.45, 7) is 1.75. The Kier molecular flexibility index (Phi) is 4.72. The second kappa shape index (κ2) is 5.86. The average Bonchev–Trinajstić information content (AvgIpc) is 2.35. The number of methoxy groups -OCH3 is 1. The third-order valence-corrected chi connectivity index (χ3v) is 4.67. The molecular formula is C12H16O5S. The fourth-order valence-corrected chi connectivity index (χ4v) is 3.30. The molecule has 100 valence electrons. The first-order valence-corrected chi connectivity index (χ1v) is 7.08. The summed E-state index contributed by atoms with van der Waals surface area (Å²) in [7, 11) is -2.45. The van der Waals surface area contributed by atoms with Gasteiger partial charge < -0.3 is 9.84 Å². The monoisotopic (exact) mass is 272 g/mol. The number of carbonyl (C=O) groups is 1. The highest BCUT2D eigenvalue weighted by atomic mass is 32.2. The van der Waals surface area contributed by atoms with Crippen molar-refractivity contribution in [3.63, 3.8) is 0 Å². The van der Waals surface area contributed by atoms with Crippen LogP contribution < -0.4 is 4.74 Å². The summed E-state index contributed by atoms with van der Waals surface area (Å²) in [5, 5.41) is 7.61. The third kappa shape index (κ3) is 3.01. The van der Waals surface area contributed by atoms with Crippen molar-refractivity contribution in [2.24, 2.45) is 0 Å². The molecule has 0 aliphatic heterocycles. The lowest BCUT2D eigenvalue weighted by atomic mass is 10.2. The van der Waals surface area contributed by atoms with Gasteiger partial charge in [0.15, 0.2) is 15.1 Å². The second-order valence-corrected chi connectivity index (χ2v) is 5.97. The molecule has 1 rings (SSSR count). The van der Waals surface area contributed by atoms with E-state index in [4.69, 9.17) is 9.84 Å². The van der Waals surface area contributed by atoms with Gasteiger partial charge in [-0.25, -0.2) is 8.42 Å². The van der Waals surface area contributed by atoms with E-state index in [2.05, 4.69) is 0 Å². The number of hydrogen-bond donors (Lipinski definition) is 1. The number of hydrogen-bond acceptors (Lipinski definition) is 4. The van der Waals surface area contributed by atoms with Crippen molar-refractivity contribution in [3.05, 3.63) is 24.3 Å². The SMILES string of the molecule is CCCC(C(=O)O)S(=O)(=O)c1cccc(OC)c1. The lowest BCUT2D eigenvalue weighted by Gasteiger charge is -2.13. The zero-order valence-electron chi connectivity index (χ0n) is 10.3. The van der Waals surface area contributed by atoms with Crippen molar-refractivity contribution >= 4 is 15.8 Å². The van der Waals surface area contributed by atoms with Gasteiger partial charge in [-0.05, 0) is 24.6 Å². The zero-order valence-corrected chi connectivity index (χ0v) is 11.1. The van der Waals surface area contributed by atoms with E-state index in [9.17, 15) is 13.2 Å². The van der Waals surface area contributed by atoms with Crippen LogP contribution in [0.25, 0.3) is 0 Å². The quantitative estimate of drug-likeness (QED) is 0.852. The smallest absolute Gasteiger partial charge is 0.322 e. The van der Waals surface area contributed by atoms with Crippen LogP contribution in [0.4, 0.5) is 0 Å². The molecule has 0 heterocycles. The van der Waals surface area contributed by atoms with Crippen LogP contribution in [0.15, 0.2) is 29.2 Å². The molecule has 0 radical (unpaired) electrons. The molecule has 0 saturated heterocycles. The van der Waals surface area contributed by atoms with E-state index < -0.39 is 21.1 Å². The molecule has 0 aromatic heterocycles. The minimum Gasteiger partial charge on any atom is -0.497 e. The van der Waals surface area contributed by atoms with Gasteiger partial charge in [0.2, 0.25) is 0 Å². The Morgan fingerprint density at radius 1 is 1.44 bits per heavy atom. The normalized spacial score (nSPS) is 13.0. The summed E-state index contributed by atoms with van der Waals surface area (Å²) in [4.78, 5) is 11.0. The minimum absolute atomic E-state index is 0.0253.